The van der Waals surface area contributed by atoms with Crippen LogP contribution in [-0.4, -0.2) is 16.0 Å². The van der Waals surface area contributed by atoms with Crippen molar-refractivity contribution in [2.24, 2.45) is 21.7 Å². The van der Waals surface area contributed by atoms with Gasteiger partial charge in [0, 0.05) is 0 Å². The largest absolute Gasteiger partial charge is 0.506 e. The molecule has 0 spiro atoms. The van der Waals surface area contributed by atoms with E-state index in [9.17, 15) is 9.90 Å². The van der Waals surface area contributed by atoms with Gasteiger partial charge in [-0.15, -0.1) is 10.2 Å². The van der Waals surface area contributed by atoms with Crippen LogP contribution in [0.15, 0.2) is 46.6 Å². The first-order chi connectivity index (χ1) is 9.99. The van der Waals surface area contributed by atoms with Crippen molar-refractivity contribution in [3.8, 4) is 5.75 Å². The highest BCUT2D eigenvalue weighted by molar-refractivity contribution is 5.81. The maximum Gasteiger partial charge on any atom is 0.240 e. The predicted octanol–water partition coefficient (Wildman–Crippen LogP) is 1.27. The number of para-hydroxylation sites is 1. The number of carbonyl (C=O) groups is 1. The minimum Gasteiger partial charge on any atom is -0.506 e. The molecule has 1 aromatic heterocycles. The number of nitrogen functional groups attached to an aromatic ring is 1. The molecule has 1 atom stereocenters. The standard InChI is InChI=1S/C13H14N6O2/c14-11(13(16)21)8-5-6-9(12(15)17-8)19-18-7-3-1-2-4-10(7)20/h1-6,11,20H,14H2,(H2,15,17)(H2,16,21). The lowest BCUT2D eigenvalue weighted by Gasteiger charge is -2.08. The van der Waals surface area contributed by atoms with Crippen LogP contribution in [-0.2, 0) is 4.79 Å². The van der Waals surface area contributed by atoms with Gasteiger partial charge in [-0.25, -0.2) is 4.98 Å². The normalized spacial score (nSPS) is 12.4. The lowest BCUT2D eigenvalue weighted by Crippen LogP contribution is -2.29. The average Bonchev–Trinajstić information content (AvgIpc) is 2.46. The first kappa shape index (κ1) is 14.4. The second-order valence-corrected chi connectivity index (χ2v) is 4.21. The number of anilines is 1. The van der Waals surface area contributed by atoms with Gasteiger partial charge in [-0.05, 0) is 24.3 Å². The van der Waals surface area contributed by atoms with Crippen LogP contribution in [0.2, 0.25) is 0 Å². The Morgan fingerprint density at radius 1 is 1.14 bits per heavy atom. The van der Waals surface area contributed by atoms with E-state index in [1.165, 1.54) is 18.2 Å². The minimum atomic E-state index is -1.03. The topological polar surface area (TPSA) is 153 Å². The Morgan fingerprint density at radius 3 is 2.43 bits per heavy atom. The molecule has 0 aliphatic rings. The molecule has 21 heavy (non-hydrogen) atoms. The average molecular weight is 286 g/mol. The summed E-state index contributed by atoms with van der Waals surface area (Å²) >= 11 is 0. The van der Waals surface area contributed by atoms with E-state index < -0.39 is 11.9 Å². The van der Waals surface area contributed by atoms with Crippen LogP contribution >= 0.6 is 0 Å². The summed E-state index contributed by atoms with van der Waals surface area (Å²) in [6.45, 7) is 0. The van der Waals surface area contributed by atoms with Crippen molar-refractivity contribution in [2.75, 3.05) is 5.73 Å². The number of nitrogens with zero attached hydrogens (tertiary/aromatic N) is 3. The van der Waals surface area contributed by atoms with Gasteiger partial charge in [0.15, 0.2) is 5.82 Å². The molecule has 108 valence electrons. The van der Waals surface area contributed by atoms with Crippen LogP contribution in [0.5, 0.6) is 5.75 Å². The zero-order chi connectivity index (χ0) is 15.4. The third-order valence-corrected chi connectivity index (χ3v) is 2.70. The van der Waals surface area contributed by atoms with Crippen LogP contribution in [0, 0.1) is 0 Å². The highest BCUT2D eigenvalue weighted by Gasteiger charge is 2.15. The summed E-state index contributed by atoms with van der Waals surface area (Å²) in [6, 6.07) is 8.45. The van der Waals surface area contributed by atoms with Gasteiger partial charge in [-0.1, -0.05) is 12.1 Å². The molecular formula is C13H14N6O2. The van der Waals surface area contributed by atoms with E-state index >= 15 is 0 Å². The van der Waals surface area contributed by atoms with Gasteiger partial charge in [-0.3, -0.25) is 4.79 Å². The molecular weight excluding hydrogens is 272 g/mol. The van der Waals surface area contributed by atoms with Gasteiger partial charge in [0.05, 0.1) is 5.69 Å². The van der Waals surface area contributed by atoms with Crippen molar-refractivity contribution < 1.29 is 9.90 Å². The Balaban J connectivity index is 2.26. The van der Waals surface area contributed by atoms with E-state index in [1.54, 1.807) is 18.2 Å². The summed E-state index contributed by atoms with van der Waals surface area (Å²) in [5.41, 5.74) is 17.2. The Hall–Kier alpha value is -3.00. The number of primary amides is 1. The molecule has 0 aliphatic carbocycles. The van der Waals surface area contributed by atoms with Crippen LogP contribution in [0.1, 0.15) is 11.7 Å². The molecule has 8 heteroatoms. The highest BCUT2D eigenvalue weighted by Crippen LogP contribution is 2.29. The lowest BCUT2D eigenvalue weighted by atomic mass is 10.2. The third-order valence-electron chi connectivity index (χ3n) is 2.70. The zero-order valence-corrected chi connectivity index (χ0v) is 11.0. The predicted molar refractivity (Wildman–Crippen MR) is 77.1 cm³/mol. The van der Waals surface area contributed by atoms with Crippen LogP contribution in [0.4, 0.5) is 17.2 Å². The molecule has 8 nitrogen and oxygen atoms in total. The summed E-state index contributed by atoms with van der Waals surface area (Å²) < 4.78 is 0. The molecule has 0 bridgehead atoms. The highest BCUT2D eigenvalue weighted by atomic mass is 16.3. The number of pyridine rings is 1. The number of carbonyl (C=O) groups excluding carboxylic acids is 1. The quantitative estimate of drug-likeness (QED) is 0.623. The fourth-order valence-corrected chi connectivity index (χ4v) is 1.54. The molecule has 1 heterocycles. The van der Waals surface area contributed by atoms with Gasteiger partial charge in [0.25, 0.3) is 0 Å². The number of rotatable bonds is 4. The number of aromatic hydroxyl groups is 1. The van der Waals surface area contributed by atoms with E-state index in [0.717, 1.165) is 0 Å². The SMILES string of the molecule is NC(=O)C(N)c1ccc(N=Nc2ccccc2O)c(N)n1. The second kappa shape index (κ2) is 5.97. The number of phenolic OH excluding ortho intramolecular Hbond substituents is 1. The summed E-state index contributed by atoms with van der Waals surface area (Å²) in [5, 5.41) is 17.3. The van der Waals surface area contributed by atoms with Crippen LogP contribution < -0.4 is 17.2 Å². The number of aromatic nitrogens is 1. The molecule has 0 radical (unpaired) electrons. The van der Waals surface area contributed by atoms with E-state index in [0.29, 0.717) is 11.4 Å². The van der Waals surface area contributed by atoms with Crippen molar-refractivity contribution in [1.29, 1.82) is 0 Å². The summed E-state index contributed by atoms with van der Waals surface area (Å²) in [6.07, 6.45) is 0. The fourth-order valence-electron chi connectivity index (χ4n) is 1.54. The summed E-state index contributed by atoms with van der Waals surface area (Å²) in [4.78, 5) is 15.0. The smallest absolute Gasteiger partial charge is 0.240 e. The fraction of sp³-hybridized carbons (Fsp3) is 0.0769. The minimum absolute atomic E-state index is 0.000140. The van der Waals surface area contributed by atoms with Crippen molar-refractivity contribution in [1.82, 2.24) is 4.98 Å². The maximum atomic E-state index is 11.0. The Kier molecular flexibility index (Phi) is 4.10. The number of phenols is 1. The first-order valence-electron chi connectivity index (χ1n) is 6.00. The van der Waals surface area contributed by atoms with Gasteiger partial charge < -0.3 is 22.3 Å². The molecule has 1 aromatic carbocycles. The number of hydrogen-bond acceptors (Lipinski definition) is 7. The van der Waals surface area contributed by atoms with Crippen LogP contribution in [0.25, 0.3) is 0 Å². The van der Waals surface area contributed by atoms with Gasteiger partial charge in [0.2, 0.25) is 5.91 Å². The molecule has 0 aliphatic heterocycles. The summed E-state index contributed by atoms with van der Waals surface area (Å²) in [7, 11) is 0. The zero-order valence-electron chi connectivity index (χ0n) is 11.0. The molecule has 2 rings (SSSR count). The van der Waals surface area contributed by atoms with E-state index in [2.05, 4.69) is 15.2 Å². The molecule has 1 unspecified atom stereocenters. The Morgan fingerprint density at radius 2 is 1.81 bits per heavy atom. The van der Waals surface area contributed by atoms with Crippen LogP contribution in [0.3, 0.4) is 0 Å². The number of amides is 1. The Bertz CT molecular complexity index is 701. The van der Waals surface area contributed by atoms with E-state index in [4.69, 9.17) is 17.2 Å². The van der Waals surface area contributed by atoms with Gasteiger partial charge >= 0.3 is 0 Å². The number of azo groups is 1. The first-order valence-corrected chi connectivity index (χ1v) is 6.00. The molecule has 0 fully saturated rings. The van der Waals surface area contributed by atoms with Crippen molar-refractivity contribution in [3.63, 3.8) is 0 Å². The number of benzene rings is 1. The molecule has 2 aromatic rings. The van der Waals surface area contributed by atoms with E-state index in [-0.39, 0.29) is 17.3 Å². The van der Waals surface area contributed by atoms with Crippen molar-refractivity contribution in [2.45, 2.75) is 6.04 Å². The Labute approximate surface area is 120 Å². The number of hydrogen-bond donors (Lipinski definition) is 4. The van der Waals surface area contributed by atoms with Gasteiger partial charge in [-0.2, -0.15) is 0 Å². The molecule has 0 saturated heterocycles. The summed E-state index contributed by atoms with van der Waals surface area (Å²) in [5.74, 6) is -0.644. The lowest BCUT2D eigenvalue weighted by molar-refractivity contribution is -0.119. The monoisotopic (exact) mass is 286 g/mol. The number of nitrogens with two attached hydrogens (primary N) is 3. The third kappa shape index (κ3) is 3.31. The van der Waals surface area contributed by atoms with Crippen molar-refractivity contribution in [3.05, 3.63) is 42.1 Å². The van der Waals surface area contributed by atoms with Gasteiger partial charge in [0.1, 0.15) is 23.2 Å². The molecule has 7 N–H and O–H groups in total. The second-order valence-electron chi connectivity index (χ2n) is 4.21. The van der Waals surface area contributed by atoms with E-state index in [1.807, 2.05) is 0 Å². The van der Waals surface area contributed by atoms with Crippen molar-refractivity contribution >= 4 is 23.1 Å². The molecule has 0 saturated carbocycles. The maximum absolute atomic E-state index is 11.0. The molecule has 1 amide bonds.